The molecule has 2 rings (SSSR count). The first kappa shape index (κ1) is 81.8. The highest BCUT2D eigenvalue weighted by molar-refractivity contribution is 5.76. The van der Waals surface area contributed by atoms with Crippen molar-refractivity contribution in [3.05, 3.63) is 12.2 Å². The summed E-state index contributed by atoms with van der Waals surface area (Å²) in [6.45, 7) is 2.92. The van der Waals surface area contributed by atoms with Gasteiger partial charge in [-0.25, -0.2) is 0 Å². The Bertz CT molecular complexity index is 1510. The molecule has 9 N–H and O–H groups in total. The van der Waals surface area contributed by atoms with Gasteiger partial charge >= 0.3 is 0 Å². The molecule has 0 radical (unpaired) electrons. The van der Waals surface area contributed by atoms with Crippen molar-refractivity contribution in [2.24, 2.45) is 0 Å². The molecule has 2 aliphatic rings. The first-order valence-electron chi connectivity index (χ1n) is 37.4. The van der Waals surface area contributed by atoms with Crippen LogP contribution in [0.1, 0.15) is 354 Å². The van der Waals surface area contributed by atoms with Crippen molar-refractivity contribution in [2.75, 3.05) is 19.8 Å². The van der Waals surface area contributed by atoms with Gasteiger partial charge in [0.1, 0.15) is 48.8 Å². The van der Waals surface area contributed by atoms with E-state index in [0.717, 1.165) is 51.4 Å². The monoisotopic (exact) mass is 1240 g/mol. The fraction of sp³-hybridized carbons (Fsp3) is 0.959. The molecule has 2 heterocycles. The van der Waals surface area contributed by atoms with E-state index in [-0.39, 0.29) is 12.5 Å². The summed E-state index contributed by atoms with van der Waals surface area (Å²) in [5.74, 6) is -0.198. The maximum Gasteiger partial charge on any atom is 0.220 e. The summed E-state index contributed by atoms with van der Waals surface area (Å²) in [7, 11) is 0. The molecule has 0 aromatic heterocycles. The Balaban J connectivity index is 1.59. The summed E-state index contributed by atoms with van der Waals surface area (Å²) >= 11 is 0. The predicted octanol–water partition coefficient (Wildman–Crippen LogP) is 15.7. The van der Waals surface area contributed by atoms with Gasteiger partial charge in [0.2, 0.25) is 5.91 Å². The third kappa shape index (κ3) is 42.6. The molecule has 0 aromatic carbocycles. The number of allylic oxidation sites excluding steroid dienone is 2. The lowest BCUT2D eigenvalue weighted by atomic mass is 9.97. The van der Waals surface area contributed by atoms with Gasteiger partial charge in [0.15, 0.2) is 12.6 Å². The van der Waals surface area contributed by atoms with Crippen molar-refractivity contribution in [2.45, 2.75) is 428 Å². The molecular formula is C73H141NO13. The third-order valence-electron chi connectivity index (χ3n) is 18.7. The highest BCUT2D eigenvalue weighted by Gasteiger charge is 2.51. The second kappa shape index (κ2) is 58.5. The van der Waals surface area contributed by atoms with Gasteiger partial charge in [-0.2, -0.15) is 0 Å². The predicted molar refractivity (Wildman–Crippen MR) is 355 cm³/mol. The summed E-state index contributed by atoms with van der Waals surface area (Å²) < 4.78 is 22.9. The second-order valence-electron chi connectivity index (χ2n) is 26.8. The number of ether oxygens (including phenoxy) is 4. The average Bonchev–Trinajstić information content (AvgIpc) is 3.71. The summed E-state index contributed by atoms with van der Waals surface area (Å²) in [5.41, 5.74) is 0. The smallest absolute Gasteiger partial charge is 0.220 e. The Morgan fingerprint density at radius 1 is 0.402 bits per heavy atom. The second-order valence-corrected chi connectivity index (χ2v) is 26.8. The van der Waals surface area contributed by atoms with Crippen LogP contribution >= 0.6 is 0 Å². The molecule has 1 amide bonds. The number of nitrogens with one attached hydrogen (secondary N) is 1. The number of carbonyl (C=O) groups is 1. The van der Waals surface area contributed by atoms with E-state index in [1.165, 1.54) is 276 Å². The normalized spacial score (nSPS) is 23.2. The van der Waals surface area contributed by atoms with Crippen LogP contribution < -0.4 is 5.32 Å². The van der Waals surface area contributed by atoms with Gasteiger partial charge in [0.05, 0.1) is 32.0 Å². The average molecular weight is 1240 g/mol. The molecule has 12 unspecified atom stereocenters. The van der Waals surface area contributed by atoms with Crippen molar-refractivity contribution in [3.8, 4) is 0 Å². The molecule has 516 valence electrons. The van der Waals surface area contributed by atoms with Crippen molar-refractivity contribution in [1.82, 2.24) is 5.32 Å². The van der Waals surface area contributed by atoms with Gasteiger partial charge in [-0.3, -0.25) is 4.79 Å². The van der Waals surface area contributed by atoms with Crippen LogP contribution in [0, 0.1) is 0 Å². The standard InChI is InChI=1S/C73H141NO13/c1-3-5-7-9-11-13-15-17-19-21-23-24-25-26-27-28-29-30-31-32-33-34-35-36-37-38-39-41-43-45-47-49-51-53-55-57-65(78)74-61(62(77)56-54-52-50-48-46-44-42-40-22-20-18-16-14-12-10-8-6-4-2)60-84-72-70(83)68(81)71(64(59-76)86-72)87-73-69(82)67(80)66(79)63(58-75)85-73/h21,23,61-64,66-73,75-77,79-83H,3-20,22,24-60H2,1-2H3,(H,74,78)/b23-21-. The number of rotatable bonds is 63. The number of aliphatic hydroxyl groups excluding tert-OH is 8. The zero-order valence-corrected chi connectivity index (χ0v) is 56.3. The number of amides is 1. The summed E-state index contributed by atoms with van der Waals surface area (Å²) in [6, 6.07) is -0.825. The molecule has 0 saturated carbocycles. The Labute approximate surface area is 533 Å². The number of carbonyl (C=O) groups excluding carboxylic acids is 1. The van der Waals surface area contributed by atoms with Crippen LogP contribution in [0.3, 0.4) is 0 Å². The van der Waals surface area contributed by atoms with E-state index < -0.39 is 86.8 Å². The Morgan fingerprint density at radius 3 is 1.09 bits per heavy atom. The largest absolute Gasteiger partial charge is 0.394 e. The van der Waals surface area contributed by atoms with Crippen LogP contribution in [-0.4, -0.2) is 140 Å². The van der Waals surface area contributed by atoms with Crippen LogP contribution in [0.25, 0.3) is 0 Å². The lowest BCUT2D eigenvalue weighted by molar-refractivity contribution is -0.359. The van der Waals surface area contributed by atoms with Crippen molar-refractivity contribution < 1.29 is 64.6 Å². The Morgan fingerprint density at radius 2 is 0.724 bits per heavy atom. The number of hydrogen-bond acceptors (Lipinski definition) is 13. The molecule has 2 aliphatic heterocycles. The SMILES string of the molecule is CCCCCCCCCC/C=C\CCCCCCCCCCCCCCCCCCCCCCCCCC(=O)NC(COC1OC(CO)C(OC2OC(CO)C(O)C(O)C2O)C(O)C1O)C(O)CCCCCCCCCCCCCCCCCCCC. The molecule has 14 nitrogen and oxygen atoms in total. The van der Waals surface area contributed by atoms with E-state index in [4.69, 9.17) is 18.9 Å². The zero-order valence-electron chi connectivity index (χ0n) is 56.3. The topological polar surface area (TPSA) is 228 Å². The first-order valence-corrected chi connectivity index (χ1v) is 37.4. The number of hydrogen-bond donors (Lipinski definition) is 9. The van der Waals surface area contributed by atoms with Gasteiger partial charge in [-0.15, -0.1) is 0 Å². The first-order chi connectivity index (χ1) is 42.6. The van der Waals surface area contributed by atoms with E-state index in [1.54, 1.807) is 0 Å². The number of unbranched alkanes of at least 4 members (excludes halogenated alkanes) is 48. The van der Waals surface area contributed by atoms with Gasteiger partial charge in [0.25, 0.3) is 0 Å². The summed E-state index contributed by atoms with van der Waals surface area (Å²) in [4.78, 5) is 13.4. The van der Waals surface area contributed by atoms with E-state index in [0.29, 0.717) is 12.8 Å². The quantitative estimate of drug-likeness (QED) is 0.0204. The van der Waals surface area contributed by atoms with Crippen LogP contribution in [0.2, 0.25) is 0 Å². The minimum absolute atomic E-state index is 0.198. The van der Waals surface area contributed by atoms with E-state index in [1.807, 2.05) is 0 Å². The maximum absolute atomic E-state index is 13.4. The number of aliphatic hydroxyl groups is 8. The molecule has 14 heteroatoms. The van der Waals surface area contributed by atoms with Gasteiger partial charge in [-0.1, -0.05) is 321 Å². The van der Waals surface area contributed by atoms with E-state index in [2.05, 4.69) is 31.3 Å². The lowest BCUT2D eigenvalue weighted by Gasteiger charge is -2.46. The minimum Gasteiger partial charge on any atom is -0.394 e. The summed E-state index contributed by atoms with van der Waals surface area (Å²) in [5, 5.41) is 87.6. The Hall–Kier alpha value is -1.27. The molecule has 2 saturated heterocycles. The van der Waals surface area contributed by atoms with Crippen LogP contribution in [-0.2, 0) is 23.7 Å². The molecule has 0 aromatic rings. The molecule has 12 atom stereocenters. The highest BCUT2D eigenvalue weighted by atomic mass is 16.7. The van der Waals surface area contributed by atoms with Crippen LogP contribution in [0.5, 0.6) is 0 Å². The minimum atomic E-state index is -1.78. The highest BCUT2D eigenvalue weighted by Crippen LogP contribution is 2.30. The molecule has 0 bridgehead atoms. The fourth-order valence-electron chi connectivity index (χ4n) is 12.8. The van der Waals surface area contributed by atoms with Gasteiger partial charge in [-0.05, 0) is 38.5 Å². The van der Waals surface area contributed by atoms with E-state index in [9.17, 15) is 45.6 Å². The third-order valence-corrected chi connectivity index (χ3v) is 18.7. The van der Waals surface area contributed by atoms with Crippen LogP contribution in [0.15, 0.2) is 12.2 Å². The van der Waals surface area contributed by atoms with Crippen molar-refractivity contribution >= 4 is 5.91 Å². The molecule has 87 heavy (non-hydrogen) atoms. The van der Waals surface area contributed by atoms with E-state index >= 15 is 0 Å². The summed E-state index contributed by atoms with van der Waals surface area (Å²) in [6.07, 6.45) is 55.4. The molecule has 0 aliphatic carbocycles. The van der Waals surface area contributed by atoms with Crippen LogP contribution in [0.4, 0.5) is 0 Å². The van der Waals surface area contributed by atoms with Crippen molar-refractivity contribution in [3.63, 3.8) is 0 Å². The Kier molecular flexibility index (Phi) is 55.1. The fourth-order valence-corrected chi connectivity index (χ4v) is 12.8. The van der Waals surface area contributed by atoms with Gasteiger partial charge < -0.3 is 65.1 Å². The zero-order chi connectivity index (χ0) is 63.1. The molecule has 2 fully saturated rings. The molecule has 0 spiro atoms. The lowest BCUT2D eigenvalue weighted by Crippen LogP contribution is -2.65. The van der Waals surface area contributed by atoms with Crippen molar-refractivity contribution in [1.29, 1.82) is 0 Å². The molecular weight excluding hydrogens is 1100 g/mol. The van der Waals surface area contributed by atoms with Gasteiger partial charge in [0, 0.05) is 6.42 Å². The maximum atomic E-state index is 13.4.